The van der Waals surface area contributed by atoms with Crippen LogP contribution in [0.3, 0.4) is 0 Å². The molecule has 0 unspecified atom stereocenters. The van der Waals surface area contributed by atoms with Gasteiger partial charge in [0.2, 0.25) is 15.9 Å². The number of piperidine rings is 1. The number of rotatable bonds is 3. The van der Waals surface area contributed by atoms with Crippen LogP contribution in [0.5, 0.6) is 0 Å². The number of hydrogen-bond donors (Lipinski definition) is 0. The van der Waals surface area contributed by atoms with Gasteiger partial charge in [0.25, 0.3) is 0 Å². The van der Waals surface area contributed by atoms with Gasteiger partial charge in [-0.3, -0.25) is 4.79 Å². The first-order chi connectivity index (χ1) is 11.3. The Kier molecular flexibility index (Phi) is 4.37. The maximum Gasteiger partial charge on any atom is 0.243 e. The molecular formula is C17H21N3O3S. The van der Waals surface area contributed by atoms with Crippen molar-refractivity contribution < 1.29 is 13.2 Å². The number of fused-ring (bicyclic) bond motifs is 1. The van der Waals surface area contributed by atoms with Crippen LogP contribution < -0.4 is 0 Å². The lowest BCUT2D eigenvalue weighted by Gasteiger charge is -2.31. The maximum atomic E-state index is 12.9. The van der Waals surface area contributed by atoms with Crippen LogP contribution in [-0.4, -0.2) is 50.2 Å². The lowest BCUT2D eigenvalue weighted by Crippen LogP contribution is -2.39. The van der Waals surface area contributed by atoms with E-state index < -0.39 is 10.0 Å². The number of sulfonamides is 1. The first kappa shape index (κ1) is 16.9. The molecule has 24 heavy (non-hydrogen) atoms. The average molecular weight is 347 g/mol. The van der Waals surface area contributed by atoms with Gasteiger partial charge in [0.15, 0.2) is 0 Å². The van der Waals surface area contributed by atoms with Gasteiger partial charge in [-0.15, -0.1) is 0 Å². The Morgan fingerprint density at radius 2 is 2.00 bits per heavy atom. The van der Waals surface area contributed by atoms with E-state index in [1.54, 1.807) is 31.1 Å². The molecule has 0 aromatic heterocycles. The maximum absolute atomic E-state index is 12.9. The minimum Gasteiger partial charge on any atom is -0.345 e. The van der Waals surface area contributed by atoms with Crippen LogP contribution in [0.1, 0.15) is 24.8 Å². The largest absolute Gasteiger partial charge is 0.345 e. The van der Waals surface area contributed by atoms with E-state index in [0.29, 0.717) is 24.4 Å². The van der Waals surface area contributed by atoms with Gasteiger partial charge < -0.3 is 4.90 Å². The SMILES string of the molecule is CN1C[C@H]2C[C@@H](N(C)S(=O)(=O)c3cccc(C#N)c3)C[C@H]2CC1=O. The molecule has 0 N–H and O–H groups in total. The van der Waals surface area contributed by atoms with Crippen molar-refractivity contribution in [1.29, 1.82) is 5.26 Å². The van der Waals surface area contributed by atoms with Gasteiger partial charge in [-0.2, -0.15) is 9.57 Å². The summed E-state index contributed by atoms with van der Waals surface area (Å²) in [6.45, 7) is 0.706. The van der Waals surface area contributed by atoms with Crippen molar-refractivity contribution in [2.45, 2.75) is 30.2 Å². The summed E-state index contributed by atoms with van der Waals surface area (Å²) in [7, 11) is -0.237. The topological polar surface area (TPSA) is 81.5 Å². The molecule has 1 amide bonds. The zero-order valence-electron chi connectivity index (χ0n) is 13.8. The molecule has 7 heteroatoms. The second-order valence-electron chi connectivity index (χ2n) is 6.78. The van der Waals surface area contributed by atoms with Crippen molar-refractivity contribution in [3.8, 4) is 6.07 Å². The van der Waals surface area contributed by atoms with Crippen molar-refractivity contribution in [2.24, 2.45) is 11.8 Å². The molecule has 2 fully saturated rings. The van der Waals surface area contributed by atoms with E-state index in [1.807, 2.05) is 6.07 Å². The molecule has 2 aliphatic rings. The number of nitriles is 1. The van der Waals surface area contributed by atoms with Gasteiger partial charge in [-0.05, 0) is 42.9 Å². The molecule has 0 spiro atoms. The van der Waals surface area contributed by atoms with Crippen LogP contribution in [-0.2, 0) is 14.8 Å². The Bertz CT molecular complexity index is 800. The van der Waals surface area contributed by atoms with Crippen LogP contribution in [0.2, 0.25) is 0 Å². The molecule has 1 aliphatic carbocycles. The number of nitrogens with zero attached hydrogens (tertiary/aromatic N) is 3. The molecule has 0 radical (unpaired) electrons. The number of benzene rings is 1. The van der Waals surface area contributed by atoms with Crippen molar-refractivity contribution in [3.05, 3.63) is 29.8 Å². The third kappa shape index (κ3) is 2.92. The highest BCUT2D eigenvalue weighted by molar-refractivity contribution is 7.89. The Labute approximate surface area is 142 Å². The molecule has 128 valence electrons. The lowest BCUT2D eigenvalue weighted by atomic mass is 9.88. The quantitative estimate of drug-likeness (QED) is 0.828. The summed E-state index contributed by atoms with van der Waals surface area (Å²) in [6.07, 6.45) is 2.00. The summed E-state index contributed by atoms with van der Waals surface area (Å²) in [5.74, 6) is 0.770. The van der Waals surface area contributed by atoms with Gasteiger partial charge in [0, 0.05) is 33.1 Å². The van der Waals surface area contributed by atoms with E-state index in [9.17, 15) is 13.2 Å². The third-order valence-electron chi connectivity index (χ3n) is 5.34. The summed E-state index contributed by atoms with van der Waals surface area (Å²) < 4.78 is 27.1. The number of carbonyl (C=O) groups excluding carboxylic acids is 1. The Hall–Kier alpha value is -1.91. The normalized spacial score (nSPS) is 27.2. The lowest BCUT2D eigenvalue weighted by molar-refractivity contribution is -0.134. The fourth-order valence-corrected chi connectivity index (χ4v) is 5.30. The fourth-order valence-electron chi connectivity index (χ4n) is 3.87. The number of likely N-dealkylation sites (tertiary alicyclic amines) is 1. The molecule has 0 bridgehead atoms. The van der Waals surface area contributed by atoms with Crippen LogP contribution in [0, 0.1) is 23.2 Å². The standard InChI is InChI=1S/C17H21N3O3S/c1-19-11-14-8-15(7-13(14)9-17(19)21)20(2)24(22,23)16-5-3-4-12(6-16)10-18/h3-6,13-15H,7-9,11H2,1-2H3/t13-,14+,15-/m0/s1. The van der Waals surface area contributed by atoms with Gasteiger partial charge in [-0.25, -0.2) is 8.42 Å². The van der Waals surface area contributed by atoms with E-state index in [0.717, 1.165) is 12.8 Å². The Morgan fingerprint density at radius 3 is 2.71 bits per heavy atom. The van der Waals surface area contributed by atoms with E-state index in [2.05, 4.69) is 0 Å². The Balaban J connectivity index is 1.80. The number of amides is 1. The highest BCUT2D eigenvalue weighted by Gasteiger charge is 2.43. The van der Waals surface area contributed by atoms with Gasteiger partial charge in [0.1, 0.15) is 0 Å². The number of hydrogen-bond acceptors (Lipinski definition) is 4. The molecular weight excluding hydrogens is 326 g/mol. The molecule has 1 saturated heterocycles. The summed E-state index contributed by atoms with van der Waals surface area (Å²) in [6, 6.07) is 7.97. The monoisotopic (exact) mass is 347 g/mol. The van der Waals surface area contributed by atoms with Gasteiger partial charge in [-0.1, -0.05) is 6.07 Å². The van der Waals surface area contributed by atoms with Crippen molar-refractivity contribution in [2.75, 3.05) is 20.6 Å². The summed E-state index contributed by atoms with van der Waals surface area (Å²) in [4.78, 5) is 13.8. The van der Waals surface area contributed by atoms with E-state index >= 15 is 0 Å². The van der Waals surface area contributed by atoms with Crippen LogP contribution in [0.25, 0.3) is 0 Å². The Morgan fingerprint density at radius 1 is 1.29 bits per heavy atom. The first-order valence-corrected chi connectivity index (χ1v) is 9.49. The molecule has 3 atom stereocenters. The van der Waals surface area contributed by atoms with E-state index in [-0.39, 0.29) is 22.8 Å². The summed E-state index contributed by atoms with van der Waals surface area (Å²) >= 11 is 0. The van der Waals surface area contributed by atoms with Crippen molar-refractivity contribution >= 4 is 15.9 Å². The average Bonchev–Trinajstić information content (AvgIpc) is 2.97. The summed E-state index contributed by atoms with van der Waals surface area (Å²) in [5.41, 5.74) is 0.330. The molecule has 1 aromatic rings. The fraction of sp³-hybridized carbons (Fsp3) is 0.529. The highest BCUT2D eigenvalue weighted by Crippen LogP contribution is 2.41. The molecule has 6 nitrogen and oxygen atoms in total. The van der Waals surface area contributed by atoms with E-state index in [1.165, 1.54) is 16.4 Å². The molecule has 1 heterocycles. The number of carbonyl (C=O) groups is 1. The predicted molar refractivity (Wildman–Crippen MR) is 88.4 cm³/mol. The summed E-state index contributed by atoms with van der Waals surface area (Å²) in [5, 5.41) is 8.97. The van der Waals surface area contributed by atoms with Crippen LogP contribution >= 0.6 is 0 Å². The van der Waals surface area contributed by atoms with Crippen LogP contribution in [0.15, 0.2) is 29.2 Å². The zero-order chi connectivity index (χ0) is 17.5. The smallest absolute Gasteiger partial charge is 0.243 e. The molecule has 1 saturated carbocycles. The van der Waals surface area contributed by atoms with Crippen LogP contribution in [0.4, 0.5) is 0 Å². The second kappa shape index (κ2) is 6.19. The molecule has 1 aliphatic heterocycles. The van der Waals surface area contributed by atoms with E-state index in [4.69, 9.17) is 5.26 Å². The minimum atomic E-state index is -3.64. The minimum absolute atomic E-state index is 0.102. The van der Waals surface area contributed by atoms with Crippen molar-refractivity contribution in [3.63, 3.8) is 0 Å². The first-order valence-electron chi connectivity index (χ1n) is 8.05. The predicted octanol–water partition coefficient (Wildman–Crippen LogP) is 1.44. The van der Waals surface area contributed by atoms with Gasteiger partial charge in [0.05, 0.1) is 16.5 Å². The molecule has 3 rings (SSSR count). The highest BCUT2D eigenvalue weighted by atomic mass is 32.2. The van der Waals surface area contributed by atoms with Crippen molar-refractivity contribution in [1.82, 2.24) is 9.21 Å². The second-order valence-corrected chi connectivity index (χ2v) is 8.78. The zero-order valence-corrected chi connectivity index (χ0v) is 14.7. The van der Waals surface area contributed by atoms with Gasteiger partial charge >= 0.3 is 0 Å². The third-order valence-corrected chi connectivity index (χ3v) is 7.25. The molecule has 1 aromatic carbocycles.